The van der Waals surface area contributed by atoms with Crippen LogP contribution in [0.25, 0.3) is 0 Å². The number of aromatic nitrogens is 1. The van der Waals surface area contributed by atoms with Crippen molar-refractivity contribution in [1.29, 1.82) is 0 Å². The van der Waals surface area contributed by atoms with Gasteiger partial charge in [0.1, 0.15) is 5.82 Å². The zero-order valence-electron chi connectivity index (χ0n) is 13.0. The molecule has 1 fully saturated rings. The maximum absolute atomic E-state index is 12.3. The van der Waals surface area contributed by atoms with Crippen molar-refractivity contribution in [2.24, 2.45) is 17.7 Å². The number of hydrazine groups is 1. The van der Waals surface area contributed by atoms with Gasteiger partial charge in [-0.1, -0.05) is 33.1 Å². The van der Waals surface area contributed by atoms with Gasteiger partial charge >= 0.3 is 0 Å². The third kappa shape index (κ3) is 4.17. The van der Waals surface area contributed by atoms with Crippen molar-refractivity contribution in [2.45, 2.75) is 46.0 Å². The highest BCUT2D eigenvalue weighted by atomic mass is 16.1. The predicted molar refractivity (Wildman–Crippen MR) is 84.9 cm³/mol. The minimum absolute atomic E-state index is 0.0367. The van der Waals surface area contributed by atoms with Crippen LogP contribution in [-0.2, 0) is 6.42 Å². The highest BCUT2D eigenvalue weighted by Crippen LogP contribution is 2.30. The molecule has 0 saturated heterocycles. The summed E-state index contributed by atoms with van der Waals surface area (Å²) in [5.74, 6) is 7.25. The standard InChI is InChI=1S/C16H26N4O/c1-3-5-14-8-13(9-15(19-14)20-17)16(21)18-10-12-7-4-6-11(12)2/h8-9,11-12H,3-7,10,17H2,1-2H3,(H,18,21)(H,19,20). The summed E-state index contributed by atoms with van der Waals surface area (Å²) in [6.07, 6.45) is 5.60. The molecule has 0 spiro atoms. The van der Waals surface area contributed by atoms with E-state index in [0.717, 1.165) is 25.1 Å². The molecule has 2 unspecified atom stereocenters. The van der Waals surface area contributed by atoms with E-state index in [0.29, 0.717) is 23.2 Å². The Bertz CT molecular complexity index is 489. The summed E-state index contributed by atoms with van der Waals surface area (Å²) in [5.41, 5.74) is 4.06. The second kappa shape index (κ2) is 7.41. The molecule has 0 bridgehead atoms. The number of hydrogen-bond acceptors (Lipinski definition) is 4. The molecule has 0 radical (unpaired) electrons. The quantitative estimate of drug-likeness (QED) is 0.555. The molecular weight excluding hydrogens is 264 g/mol. The summed E-state index contributed by atoms with van der Waals surface area (Å²) < 4.78 is 0. The van der Waals surface area contributed by atoms with Gasteiger partial charge in [-0.2, -0.15) is 0 Å². The number of anilines is 1. The molecule has 4 N–H and O–H groups in total. The van der Waals surface area contributed by atoms with Crippen molar-refractivity contribution in [2.75, 3.05) is 12.0 Å². The van der Waals surface area contributed by atoms with Gasteiger partial charge in [0.15, 0.2) is 0 Å². The number of carbonyl (C=O) groups excluding carboxylic acids is 1. The molecule has 116 valence electrons. The molecule has 1 saturated carbocycles. The lowest BCUT2D eigenvalue weighted by Gasteiger charge is -2.16. The van der Waals surface area contributed by atoms with Crippen LogP contribution in [0.4, 0.5) is 5.82 Å². The molecule has 0 aliphatic heterocycles. The van der Waals surface area contributed by atoms with Gasteiger partial charge in [0, 0.05) is 17.8 Å². The average molecular weight is 290 g/mol. The molecule has 1 aromatic rings. The van der Waals surface area contributed by atoms with E-state index < -0.39 is 0 Å². The van der Waals surface area contributed by atoms with Gasteiger partial charge in [-0.3, -0.25) is 4.79 Å². The van der Waals surface area contributed by atoms with Gasteiger partial charge in [0.25, 0.3) is 5.91 Å². The van der Waals surface area contributed by atoms with Crippen LogP contribution in [-0.4, -0.2) is 17.4 Å². The molecule has 21 heavy (non-hydrogen) atoms. The van der Waals surface area contributed by atoms with Crippen molar-refractivity contribution >= 4 is 11.7 Å². The van der Waals surface area contributed by atoms with Crippen LogP contribution >= 0.6 is 0 Å². The monoisotopic (exact) mass is 290 g/mol. The summed E-state index contributed by atoms with van der Waals surface area (Å²) >= 11 is 0. The minimum atomic E-state index is -0.0367. The van der Waals surface area contributed by atoms with E-state index >= 15 is 0 Å². The lowest BCUT2D eigenvalue weighted by molar-refractivity contribution is 0.0944. The number of carbonyl (C=O) groups is 1. The largest absolute Gasteiger partial charge is 0.352 e. The molecule has 1 aromatic heterocycles. The highest BCUT2D eigenvalue weighted by Gasteiger charge is 2.23. The first kappa shape index (κ1) is 15.8. The normalized spacial score (nSPS) is 21.3. The Kier molecular flexibility index (Phi) is 5.56. The fraction of sp³-hybridized carbons (Fsp3) is 0.625. The smallest absolute Gasteiger partial charge is 0.251 e. The number of nitrogens with zero attached hydrogens (tertiary/aromatic N) is 1. The SMILES string of the molecule is CCCc1cc(C(=O)NCC2CCCC2C)cc(NN)n1. The number of nitrogens with two attached hydrogens (primary N) is 1. The van der Waals surface area contributed by atoms with E-state index in [1.165, 1.54) is 19.3 Å². The van der Waals surface area contributed by atoms with Crippen molar-refractivity contribution < 1.29 is 4.79 Å². The highest BCUT2D eigenvalue weighted by molar-refractivity contribution is 5.95. The molecule has 0 aromatic carbocycles. The van der Waals surface area contributed by atoms with Gasteiger partial charge in [-0.25, -0.2) is 10.8 Å². The lowest BCUT2D eigenvalue weighted by atomic mass is 9.98. The summed E-state index contributed by atoms with van der Waals surface area (Å²) in [4.78, 5) is 16.7. The van der Waals surface area contributed by atoms with Gasteiger partial charge < -0.3 is 10.7 Å². The van der Waals surface area contributed by atoms with Gasteiger partial charge in [-0.15, -0.1) is 0 Å². The van der Waals surface area contributed by atoms with Crippen molar-refractivity contribution in [3.8, 4) is 0 Å². The zero-order valence-corrected chi connectivity index (χ0v) is 13.0. The predicted octanol–water partition coefficient (Wildman–Crippen LogP) is 2.49. The molecule has 1 amide bonds. The molecule has 1 heterocycles. The van der Waals surface area contributed by atoms with E-state index in [1.54, 1.807) is 6.07 Å². The number of pyridine rings is 1. The fourth-order valence-corrected chi connectivity index (χ4v) is 3.03. The number of nitrogens with one attached hydrogen (secondary N) is 2. The maximum Gasteiger partial charge on any atom is 0.251 e. The van der Waals surface area contributed by atoms with Gasteiger partial charge in [0.2, 0.25) is 0 Å². The van der Waals surface area contributed by atoms with Crippen LogP contribution in [0.2, 0.25) is 0 Å². The van der Waals surface area contributed by atoms with Crippen molar-refractivity contribution in [3.05, 3.63) is 23.4 Å². The van der Waals surface area contributed by atoms with Crippen molar-refractivity contribution in [3.63, 3.8) is 0 Å². The van der Waals surface area contributed by atoms with E-state index in [1.807, 2.05) is 6.07 Å². The molecule has 1 aliphatic rings. The Balaban J connectivity index is 2.02. The minimum Gasteiger partial charge on any atom is -0.352 e. The summed E-state index contributed by atoms with van der Waals surface area (Å²) in [5, 5.41) is 3.06. The van der Waals surface area contributed by atoms with Crippen LogP contribution in [0.5, 0.6) is 0 Å². The van der Waals surface area contributed by atoms with Gasteiger partial charge in [0.05, 0.1) is 0 Å². The molecule has 5 heteroatoms. The lowest BCUT2D eigenvalue weighted by Crippen LogP contribution is -2.30. The molecular formula is C16H26N4O. The Morgan fingerprint density at radius 3 is 2.86 bits per heavy atom. The number of hydrogen-bond donors (Lipinski definition) is 3. The summed E-state index contributed by atoms with van der Waals surface area (Å²) in [7, 11) is 0. The van der Waals surface area contributed by atoms with Gasteiger partial charge in [-0.05, 0) is 36.8 Å². The maximum atomic E-state index is 12.3. The molecule has 5 nitrogen and oxygen atoms in total. The number of aryl methyl sites for hydroxylation is 1. The van der Waals surface area contributed by atoms with Crippen LogP contribution in [0.15, 0.2) is 12.1 Å². The van der Waals surface area contributed by atoms with E-state index in [-0.39, 0.29) is 5.91 Å². The topological polar surface area (TPSA) is 80.0 Å². The average Bonchev–Trinajstić information content (AvgIpc) is 2.90. The first-order valence-corrected chi connectivity index (χ1v) is 7.89. The second-order valence-electron chi connectivity index (χ2n) is 6.01. The van der Waals surface area contributed by atoms with Crippen LogP contribution in [0.3, 0.4) is 0 Å². The Labute approximate surface area is 126 Å². The number of nitrogen functional groups attached to an aromatic ring is 1. The fourth-order valence-electron chi connectivity index (χ4n) is 3.03. The zero-order chi connectivity index (χ0) is 15.2. The first-order chi connectivity index (χ1) is 10.1. The molecule has 2 atom stereocenters. The Morgan fingerprint density at radius 2 is 2.24 bits per heavy atom. The molecule has 1 aliphatic carbocycles. The van der Waals surface area contributed by atoms with Crippen molar-refractivity contribution in [1.82, 2.24) is 10.3 Å². The molecule has 2 rings (SSSR count). The summed E-state index contributed by atoms with van der Waals surface area (Å²) in [6.45, 7) is 5.12. The van der Waals surface area contributed by atoms with Crippen LogP contribution in [0.1, 0.15) is 55.6 Å². The van der Waals surface area contributed by atoms with E-state index in [2.05, 4.69) is 29.6 Å². The Hall–Kier alpha value is -1.62. The first-order valence-electron chi connectivity index (χ1n) is 7.89. The van der Waals surface area contributed by atoms with Crippen LogP contribution < -0.4 is 16.6 Å². The second-order valence-corrected chi connectivity index (χ2v) is 6.01. The van der Waals surface area contributed by atoms with E-state index in [9.17, 15) is 4.79 Å². The number of amides is 1. The third-order valence-corrected chi connectivity index (χ3v) is 4.36. The Morgan fingerprint density at radius 1 is 1.43 bits per heavy atom. The third-order valence-electron chi connectivity index (χ3n) is 4.36. The number of rotatable bonds is 6. The van der Waals surface area contributed by atoms with E-state index in [4.69, 9.17) is 5.84 Å². The van der Waals surface area contributed by atoms with Crippen LogP contribution in [0, 0.1) is 11.8 Å². The summed E-state index contributed by atoms with van der Waals surface area (Å²) in [6, 6.07) is 3.56.